The van der Waals surface area contributed by atoms with E-state index in [0.717, 1.165) is 17.3 Å². The first-order valence-electron chi connectivity index (χ1n) is 9.01. The smallest absolute Gasteiger partial charge is 0.333 e. The number of anilines is 1. The Morgan fingerprint density at radius 2 is 1.69 bits per heavy atom. The van der Waals surface area contributed by atoms with Crippen LogP contribution in [0.2, 0.25) is 5.02 Å². The Bertz CT molecular complexity index is 994. The van der Waals surface area contributed by atoms with Crippen LogP contribution >= 0.6 is 11.6 Å². The maximum atomic E-state index is 12.6. The molecule has 0 bridgehead atoms. The number of amides is 2. The van der Waals surface area contributed by atoms with Gasteiger partial charge in [-0.1, -0.05) is 39.3 Å². The third-order valence-electron chi connectivity index (χ3n) is 4.26. The summed E-state index contributed by atoms with van der Waals surface area (Å²) in [7, 11) is -2.80. The van der Waals surface area contributed by atoms with Crippen LogP contribution in [0.25, 0.3) is 0 Å². The van der Waals surface area contributed by atoms with E-state index in [0.29, 0.717) is 10.7 Å². The minimum Gasteiger partial charge on any atom is -0.467 e. The van der Waals surface area contributed by atoms with Crippen LogP contribution in [0.15, 0.2) is 23.2 Å². The first-order valence-corrected chi connectivity index (χ1v) is 10.9. The third kappa shape index (κ3) is 5.36. The minimum atomic E-state index is -4.18. The molecule has 2 rings (SSSR count). The van der Waals surface area contributed by atoms with Crippen LogP contribution in [-0.2, 0) is 10.0 Å². The second kappa shape index (κ2) is 8.96. The summed E-state index contributed by atoms with van der Waals surface area (Å²) in [6.07, 6.45) is 1.10. The molecule has 2 N–H and O–H groups in total. The number of rotatable bonds is 6. The van der Waals surface area contributed by atoms with Crippen LogP contribution in [0.4, 0.5) is 10.5 Å². The van der Waals surface area contributed by atoms with Crippen molar-refractivity contribution in [3.63, 3.8) is 0 Å². The lowest BCUT2D eigenvalue weighted by Gasteiger charge is -2.21. The number of urea groups is 1. The van der Waals surface area contributed by atoms with Crippen molar-refractivity contribution in [3.05, 3.63) is 40.2 Å². The number of nitrogens with zero attached hydrogens (tertiary/aromatic N) is 2. The molecule has 8 nitrogen and oxygen atoms in total. The number of methoxy groups -OCH3 is 1. The molecule has 1 aromatic heterocycles. The van der Waals surface area contributed by atoms with Gasteiger partial charge in [0.05, 0.1) is 19.0 Å². The zero-order valence-corrected chi connectivity index (χ0v) is 18.8. The number of aryl methyl sites for hydroxylation is 1. The van der Waals surface area contributed by atoms with Gasteiger partial charge in [0.25, 0.3) is 10.0 Å². The summed E-state index contributed by atoms with van der Waals surface area (Å²) in [6.45, 7) is 9.35. The Morgan fingerprint density at radius 3 is 2.14 bits per heavy atom. The van der Waals surface area contributed by atoms with Crippen molar-refractivity contribution in [3.8, 4) is 6.01 Å². The van der Waals surface area contributed by atoms with Crippen LogP contribution in [0, 0.1) is 6.92 Å². The topological polar surface area (TPSA) is 110 Å². The summed E-state index contributed by atoms with van der Waals surface area (Å²) in [5, 5.41) is 3.24. The number of halogens is 1. The summed E-state index contributed by atoms with van der Waals surface area (Å²) in [4.78, 5) is 20.1. The Labute approximate surface area is 176 Å². The van der Waals surface area contributed by atoms with E-state index in [9.17, 15) is 13.2 Å². The lowest BCUT2D eigenvalue weighted by Crippen LogP contribution is -2.35. The number of ether oxygens (including phenoxy) is 1. The van der Waals surface area contributed by atoms with Gasteiger partial charge >= 0.3 is 12.0 Å². The molecular formula is C19H25ClN4O4S. The zero-order valence-electron chi connectivity index (χ0n) is 17.2. The van der Waals surface area contributed by atoms with Gasteiger partial charge in [0.15, 0.2) is 0 Å². The summed E-state index contributed by atoms with van der Waals surface area (Å²) < 4.78 is 32.2. The first kappa shape index (κ1) is 22.9. The number of sulfonamides is 1. The molecule has 10 heteroatoms. The van der Waals surface area contributed by atoms with Gasteiger partial charge < -0.3 is 10.1 Å². The summed E-state index contributed by atoms with van der Waals surface area (Å²) in [5.74, 6) is 0.130. The molecule has 1 heterocycles. The zero-order chi connectivity index (χ0) is 21.9. The lowest BCUT2D eigenvalue weighted by molar-refractivity contribution is 0.256. The molecule has 1 aromatic carbocycles. The fourth-order valence-corrected chi connectivity index (χ4v) is 4.08. The highest BCUT2D eigenvalue weighted by molar-refractivity contribution is 7.90. The number of benzene rings is 1. The van der Waals surface area contributed by atoms with Gasteiger partial charge in [0.2, 0.25) is 0 Å². The van der Waals surface area contributed by atoms with E-state index in [1.165, 1.54) is 14.0 Å². The second-order valence-corrected chi connectivity index (χ2v) is 9.22. The van der Waals surface area contributed by atoms with Crippen molar-refractivity contribution >= 4 is 33.3 Å². The van der Waals surface area contributed by atoms with Gasteiger partial charge in [-0.05, 0) is 42.0 Å². The number of aromatic nitrogens is 2. The monoisotopic (exact) mass is 440 g/mol. The van der Waals surface area contributed by atoms with Crippen molar-refractivity contribution < 1.29 is 17.9 Å². The molecule has 158 valence electrons. The van der Waals surface area contributed by atoms with Gasteiger partial charge in [0, 0.05) is 10.7 Å². The van der Waals surface area contributed by atoms with Gasteiger partial charge in [0.1, 0.15) is 4.90 Å². The predicted octanol–water partition coefficient (Wildman–Crippen LogP) is 4.20. The fraction of sp³-hybridized carbons (Fsp3) is 0.421. The van der Waals surface area contributed by atoms with E-state index in [1.54, 1.807) is 12.1 Å². The van der Waals surface area contributed by atoms with E-state index >= 15 is 0 Å². The molecule has 0 atom stereocenters. The molecule has 0 saturated carbocycles. The van der Waals surface area contributed by atoms with E-state index in [1.807, 2.05) is 32.4 Å². The summed E-state index contributed by atoms with van der Waals surface area (Å²) in [6, 6.07) is 2.69. The molecule has 0 fully saturated rings. The molecule has 2 aromatic rings. The molecule has 29 heavy (non-hydrogen) atoms. The average Bonchev–Trinajstić information content (AvgIpc) is 2.61. The van der Waals surface area contributed by atoms with E-state index < -0.39 is 16.1 Å². The van der Waals surface area contributed by atoms with Crippen LogP contribution in [0.3, 0.4) is 0 Å². The second-order valence-electron chi connectivity index (χ2n) is 7.13. The maximum absolute atomic E-state index is 12.6. The Morgan fingerprint density at radius 1 is 1.14 bits per heavy atom. The molecule has 0 aliphatic heterocycles. The third-order valence-corrected chi connectivity index (χ3v) is 5.91. The molecule has 0 unspecified atom stereocenters. The van der Waals surface area contributed by atoms with Crippen LogP contribution in [0.5, 0.6) is 6.01 Å². The molecule has 2 amide bonds. The van der Waals surface area contributed by atoms with Crippen LogP contribution < -0.4 is 14.8 Å². The lowest BCUT2D eigenvalue weighted by atomic mass is 9.92. The minimum absolute atomic E-state index is 0.0372. The SMILES string of the molecule is COc1ncc(S(=O)(=O)NC(=O)Nc2c(C(C)C)cc(Cl)cc2C(C)C)c(C)n1. The van der Waals surface area contributed by atoms with Crippen molar-refractivity contribution in [1.82, 2.24) is 14.7 Å². The highest BCUT2D eigenvalue weighted by Crippen LogP contribution is 2.35. The van der Waals surface area contributed by atoms with Gasteiger partial charge in [-0.3, -0.25) is 0 Å². The van der Waals surface area contributed by atoms with Gasteiger partial charge in [-0.15, -0.1) is 0 Å². The number of hydrogen-bond acceptors (Lipinski definition) is 6. The van der Waals surface area contributed by atoms with Crippen molar-refractivity contribution in [2.75, 3.05) is 12.4 Å². The Hall–Kier alpha value is -2.39. The van der Waals surface area contributed by atoms with E-state index in [4.69, 9.17) is 16.3 Å². The summed E-state index contributed by atoms with van der Waals surface area (Å²) >= 11 is 6.23. The predicted molar refractivity (Wildman–Crippen MR) is 112 cm³/mol. The van der Waals surface area contributed by atoms with Gasteiger partial charge in [-0.2, -0.15) is 4.98 Å². The number of carbonyl (C=O) groups is 1. The van der Waals surface area contributed by atoms with Crippen molar-refractivity contribution in [2.45, 2.75) is 51.3 Å². The molecule has 0 saturated heterocycles. The Kier molecular flexibility index (Phi) is 7.07. The average molecular weight is 441 g/mol. The fourth-order valence-electron chi connectivity index (χ4n) is 2.82. The molecule has 0 aliphatic carbocycles. The van der Waals surface area contributed by atoms with Gasteiger partial charge in [-0.25, -0.2) is 22.9 Å². The quantitative estimate of drug-likeness (QED) is 0.696. The Balaban J connectivity index is 2.36. The number of nitrogens with one attached hydrogen (secondary N) is 2. The summed E-state index contributed by atoms with van der Waals surface area (Å²) in [5.41, 5.74) is 2.35. The highest BCUT2D eigenvalue weighted by Gasteiger charge is 2.24. The molecular weight excluding hydrogens is 416 g/mol. The molecule has 0 aliphatic rings. The van der Waals surface area contributed by atoms with Crippen molar-refractivity contribution in [2.24, 2.45) is 0 Å². The highest BCUT2D eigenvalue weighted by atomic mass is 35.5. The number of carbonyl (C=O) groups excluding carboxylic acids is 1. The van der Waals surface area contributed by atoms with Crippen LogP contribution in [-0.4, -0.2) is 31.5 Å². The van der Waals surface area contributed by atoms with Crippen LogP contribution in [0.1, 0.15) is 56.4 Å². The molecule has 0 spiro atoms. The first-order chi connectivity index (χ1) is 13.5. The van der Waals surface area contributed by atoms with Crippen molar-refractivity contribution in [1.29, 1.82) is 0 Å². The normalized spacial score (nSPS) is 11.6. The van der Waals surface area contributed by atoms with E-state index in [2.05, 4.69) is 15.3 Å². The van der Waals surface area contributed by atoms with E-state index in [-0.39, 0.29) is 28.4 Å². The number of hydrogen-bond donors (Lipinski definition) is 2. The molecule has 0 radical (unpaired) electrons. The maximum Gasteiger partial charge on any atom is 0.333 e. The standard InChI is InChI=1S/C19H25ClN4O4S/c1-10(2)14-7-13(20)8-15(11(3)4)17(14)23-18(25)24-29(26,27)16-9-21-19(28-6)22-12(16)5/h7-11H,1-6H3,(H2,23,24,25). The largest absolute Gasteiger partial charge is 0.467 e.